The zero-order valence-corrected chi connectivity index (χ0v) is 14.6. The number of rotatable bonds is 1. The largest absolute Gasteiger partial charge is 0.507 e. The van der Waals surface area contributed by atoms with E-state index in [1.165, 1.54) is 0 Å². The fraction of sp³-hybridized carbons (Fsp3) is 0. The zero-order chi connectivity index (χ0) is 18.8. The van der Waals surface area contributed by atoms with Gasteiger partial charge in [-0.1, -0.05) is 24.3 Å². The summed E-state index contributed by atoms with van der Waals surface area (Å²) in [6.45, 7) is 0. The summed E-state index contributed by atoms with van der Waals surface area (Å²) in [5.41, 5.74) is 2.75. The molecule has 0 fully saturated rings. The van der Waals surface area contributed by atoms with Crippen molar-refractivity contribution in [3.63, 3.8) is 0 Å². The number of aromatic nitrogens is 4. The van der Waals surface area contributed by atoms with Crippen LogP contribution >= 0.6 is 0 Å². The SMILES string of the molecule is Oc1cccc2ccn3cc(-c4cn5ccc6cccc(O)c6c5n4)nc3c12. The molecular weight excluding hydrogens is 352 g/mol. The summed E-state index contributed by atoms with van der Waals surface area (Å²) in [5.74, 6) is 0.400. The summed E-state index contributed by atoms with van der Waals surface area (Å²) in [5, 5.41) is 23.9. The molecule has 4 heterocycles. The van der Waals surface area contributed by atoms with Gasteiger partial charge in [-0.25, -0.2) is 9.97 Å². The Bertz CT molecular complexity index is 1430. The molecule has 6 aromatic rings. The van der Waals surface area contributed by atoms with E-state index in [4.69, 9.17) is 9.97 Å². The van der Waals surface area contributed by atoms with E-state index in [9.17, 15) is 10.2 Å². The summed E-state index contributed by atoms with van der Waals surface area (Å²) in [6.07, 6.45) is 7.63. The van der Waals surface area contributed by atoms with E-state index in [1.807, 2.05) is 70.0 Å². The molecule has 6 rings (SSSR count). The maximum Gasteiger partial charge on any atom is 0.149 e. The Kier molecular flexibility index (Phi) is 2.81. The normalized spacial score (nSPS) is 11.9. The molecule has 0 saturated heterocycles. The van der Waals surface area contributed by atoms with Gasteiger partial charge in [0.2, 0.25) is 0 Å². The molecule has 6 nitrogen and oxygen atoms in total. The highest BCUT2D eigenvalue weighted by Gasteiger charge is 2.14. The number of aromatic hydroxyl groups is 2. The number of pyridine rings is 2. The Labute approximate surface area is 158 Å². The molecule has 0 aliphatic heterocycles. The number of fused-ring (bicyclic) bond motifs is 6. The van der Waals surface area contributed by atoms with Crippen molar-refractivity contribution in [1.29, 1.82) is 0 Å². The molecule has 0 unspecified atom stereocenters. The molecule has 6 heteroatoms. The van der Waals surface area contributed by atoms with Crippen molar-refractivity contribution < 1.29 is 10.2 Å². The molecule has 0 amide bonds. The fourth-order valence-corrected chi connectivity index (χ4v) is 3.83. The molecule has 0 aliphatic carbocycles. The highest BCUT2D eigenvalue weighted by Crippen LogP contribution is 2.32. The number of phenolic OH excluding ortho intramolecular Hbond substituents is 2. The van der Waals surface area contributed by atoms with Gasteiger partial charge in [-0.15, -0.1) is 0 Å². The summed E-state index contributed by atoms with van der Waals surface area (Å²) < 4.78 is 3.77. The molecule has 28 heavy (non-hydrogen) atoms. The zero-order valence-electron chi connectivity index (χ0n) is 14.6. The first-order chi connectivity index (χ1) is 13.7. The molecule has 134 valence electrons. The lowest BCUT2D eigenvalue weighted by molar-refractivity contribution is 0.481. The van der Waals surface area contributed by atoms with Crippen LogP contribution in [-0.4, -0.2) is 29.0 Å². The van der Waals surface area contributed by atoms with Crippen molar-refractivity contribution >= 4 is 32.8 Å². The first-order valence-corrected chi connectivity index (χ1v) is 8.88. The third kappa shape index (κ3) is 1.97. The number of imidazole rings is 2. The Balaban J connectivity index is 1.64. The van der Waals surface area contributed by atoms with Gasteiger partial charge in [-0.05, 0) is 35.0 Å². The van der Waals surface area contributed by atoms with Crippen LogP contribution in [0.15, 0.2) is 73.3 Å². The first kappa shape index (κ1) is 15.0. The van der Waals surface area contributed by atoms with E-state index in [0.717, 1.165) is 10.8 Å². The Morgan fingerprint density at radius 2 is 1.07 bits per heavy atom. The van der Waals surface area contributed by atoms with Crippen LogP contribution in [-0.2, 0) is 0 Å². The maximum absolute atomic E-state index is 10.3. The van der Waals surface area contributed by atoms with Gasteiger partial charge in [-0.2, -0.15) is 0 Å². The van der Waals surface area contributed by atoms with Crippen LogP contribution < -0.4 is 0 Å². The Morgan fingerprint density at radius 1 is 0.607 bits per heavy atom. The highest BCUT2D eigenvalue weighted by molar-refractivity contribution is 6.00. The molecule has 0 radical (unpaired) electrons. The minimum atomic E-state index is 0.200. The predicted molar refractivity (Wildman–Crippen MR) is 108 cm³/mol. The van der Waals surface area contributed by atoms with Gasteiger partial charge in [-0.3, -0.25) is 0 Å². The van der Waals surface area contributed by atoms with E-state index < -0.39 is 0 Å². The van der Waals surface area contributed by atoms with Crippen molar-refractivity contribution in [1.82, 2.24) is 18.8 Å². The maximum atomic E-state index is 10.3. The summed E-state index contributed by atoms with van der Waals surface area (Å²) in [4.78, 5) is 9.47. The van der Waals surface area contributed by atoms with E-state index in [0.29, 0.717) is 33.5 Å². The first-order valence-electron chi connectivity index (χ1n) is 8.88. The molecule has 0 spiro atoms. The number of benzene rings is 2. The van der Waals surface area contributed by atoms with Crippen molar-refractivity contribution in [3.8, 4) is 22.9 Å². The van der Waals surface area contributed by atoms with Gasteiger partial charge >= 0.3 is 0 Å². The topological polar surface area (TPSA) is 75.1 Å². The minimum absolute atomic E-state index is 0.200. The van der Waals surface area contributed by atoms with E-state index in [-0.39, 0.29) is 11.5 Å². The molecule has 2 aromatic carbocycles. The van der Waals surface area contributed by atoms with Gasteiger partial charge in [0.05, 0.1) is 10.8 Å². The minimum Gasteiger partial charge on any atom is -0.507 e. The van der Waals surface area contributed by atoms with E-state index in [1.54, 1.807) is 12.1 Å². The average molecular weight is 366 g/mol. The van der Waals surface area contributed by atoms with Crippen LogP contribution in [0.4, 0.5) is 0 Å². The van der Waals surface area contributed by atoms with Crippen LogP contribution in [0.1, 0.15) is 0 Å². The number of phenols is 2. The molecular formula is C22H14N4O2. The van der Waals surface area contributed by atoms with Gasteiger partial charge in [0.1, 0.15) is 34.2 Å². The van der Waals surface area contributed by atoms with Crippen LogP contribution in [0.25, 0.3) is 44.2 Å². The Morgan fingerprint density at radius 3 is 1.54 bits per heavy atom. The summed E-state index contributed by atoms with van der Waals surface area (Å²) in [6, 6.07) is 14.8. The van der Waals surface area contributed by atoms with Crippen LogP contribution in [0.2, 0.25) is 0 Å². The number of hydrogen-bond donors (Lipinski definition) is 2. The van der Waals surface area contributed by atoms with Crippen LogP contribution in [0.3, 0.4) is 0 Å². The predicted octanol–water partition coefficient (Wildman–Crippen LogP) is 4.37. The summed E-state index contributed by atoms with van der Waals surface area (Å²) in [7, 11) is 0. The average Bonchev–Trinajstić information content (AvgIpc) is 3.32. The molecule has 0 atom stereocenters. The van der Waals surface area contributed by atoms with Crippen molar-refractivity contribution in [2.75, 3.05) is 0 Å². The number of nitrogens with zero attached hydrogens (tertiary/aromatic N) is 4. The summed E-state index contributed by atoms with van der Waals surface area (Å²) >= 11 is 0. The molecule has 4 aromatic heterocycles. The van der Waals surface area contributed by atoms with Crippen LogP contribution in [0.5, 0.6) is 11.5 Å². The second kappa shape index (κ2) is 5.23. The lowest BCUT2D eigenvalue weighted by Gasteiger charge is -2.02. The van der Waals surface area contributed by atoms with Crippen LogP contribution in [0, 0.1) is 0 Å². The lowest BCUT2D eigenvalue weighted by Crippen LogP contribution is -1.84. The molecule has 2 N–H and O–H groups in total. The van der Waals surface area contributed by atoms with Crippen molar-refractivity contribution in [2.45, 2.75) is 0 Å². The second-order valence-electron chi connectivity index (χ2n) is 6.83. The quantitative estimate of drug-likeness (QED) is 0.453. The number of hydrogen-bond acceptors (Lipinski definition) is 4. The second-order valence-corrected chi connectivity index (χ2v) is 6.83. The monoisotopic (exact) mass is 366 g/mol. The standard InChI is InChI=1S/C22H14N4O2/c27-17-5-1-3-13-7-9-25-11-15(23-21(25)19(13)17)16-12-26-10-8-14-4-2-6-18(28)20(14)22(26)24-16/h1-12,27-28H. The third-order valence-electron chi connectivity index (χ3n) is 5.15. The van der Waals surface area contributed by atoms with Gasteiger partial charge in [0, 0.05) is 24.8 Å². The Hall–Kier alpha value is -4.06. The third-order valence-corrected chi connectivity index (χ3v) is 5.15. The smallest absolute Gasteiger partial charge is 0.149 e. The van der Waals surface area contributed by atoms with Gasteiger partial charge in [0.15, 0.2) is 0 Å². The molecule has 0 saturated carbocycles. The molecule has 0 aliphatic rings. The van der Waals surface area contributed by atoms with Crippen molar-refractivity contribution in [2.24, 2.45) is 0 Å². The lowest BCUT2D eigenvalue weighted by atomic mass is 10.1. The van der Waals surface area contributed by atoms with Gasteiger partial charge < -0.3 is 19.0 Å². The van der Waals surface area contributed by atoms with E-state index in [2.05, 4.69) is 0 Å². The molecule has 0 bridgehead atoms. The van der Waals surface area contributed by atoms with Crippen molar-refractivity contribution in [3.05, 3.63) is 73.3 Å². The fourth-order valence-electron chi connectivity index (χ4n) is 3.83. The van der Waals surface area contributed by atoms with E-state index >= 15 is 0 Å². The highest BCUT2D eigenvalue weighted by atomic mass is 16.3. The van der Waals surface area contributed by atoms with Gasteiger partial charge in [0.25, 0.3) is 0 Å².